The van der Waals surface area contributed by atoms with E-state index in [1.54, 1.807) is 6.07 Å². The van der Waals surface area contributed by atoms with Gasteiger partial charge in [-0.25, -0.2) is 10.8 Å². The van der Waals surface area contributed by atoms with Crippen LogP contribution in [-0.2, 0) is 6.54 Å². The number of hydrazine groups is 1. The molecule has 3 N–H and O–H groups in total. The minimum Gasteiger partial charge on any atom is -0.308 e. The van der Waals surface area contributed by atoms with Crippen LogP contribution in [0.3, 0.4) is 0 Å². The summed E-state index contributed by atoms with van der Waals surface area (Å²) in [4.78, 5) is 6.70. The van der Waals surface area contributed by atoms with Crippen molar-refractivity contribution in [3.63, 3.8) is 0 Å². The molecule has 0 bridgehead atoms. The van der Waals surface area contributed by atoms with Crippen LogP contribution in [-0.4, -0.2) is 34.5 Å². The lowest BCUT2D eigenvalue weighted by Crippen LogP contribution is -2.31. The molecule has 2 rings (SSSR count). The number of rotatable bonds is 4. The zero-order chi connectivity index (χ0) is 12.3. The van der Waals surface area contributed by atoms with Gasteiger partial charge in [0.2, 0.25) is 0 Å². The van der Waals surface area contributed by atoms with Crippen molar-refractivity contribution < 1.29 is 0 Å². The fourth-order valence-electron chi connectivity index (χ4n) is 1.91. The van der Waals surface area contributed by atoms with Crippen molar-refractivity contribution in [1.29, 1.82) is 0 Å². The Morgan fingerprint density at radius 2 is 2.47 bits per heavy atom. The van der Waals surface area contributed by atoms with Crippen LogP contribution in [0.15, 0.2) is 12.1 Å². The maximum Gasteiger partial charge on any atom is 0.140 e. The summed E-state index contributed by atoms with van der Waals surface area (Å²) in [6.45, 7) is 0.763. The summed E-state index contributed by atoms with van der Waals surface area (Å²) < 4.78 is 0. The van der Waals surface area contributed by atoms with Crippen LogP contribution < -0.4 is 11.3 Å². The lowest BCUT2D eigenvalue weighted by molar-refractivity contribution is 0.251. The van der Waals surface area contributed by atoms with E-state index in [4.69, 9.17) is 17.4 Å². The summed E-state index contributed by atoms with van der Waals surface area (Å²) in [6, 6.07) is 4.24. The van der Waals surface area contributed by atoms with E-state index < -0.39 is 0 Å². The summed E-state index contributed by atoms with van der Waals surface area (Å²) in [5.41, 5.74) is 3.42. The molecule has 17 heavy (non-hydrogen) atoms. The van der Waals surface area contributed by atoms with Gasteiger partial charge in [0.05, 0.1) is 10.7 Å². The molecule has 1 aromatic heterocycles. The number of nitrogen functional groups attached to an aromatic ring is 1. The van der Waals surface area contributed by atoms with Crippen LogP contribution in [0, 0.1) is 0 Å². The van der Waals surface area contributed by atoms with E-state index in [0.29, 0.717) is 16.9 Å². The molecule has 1 saturated heterocycles. The van der Waals surface area contributed by atoms with Crippen molar-refractivity contribution >= 4 is 29.2 Å². The third-order valence-electron chi connectivity index (χ3n) is 2.99. The average molecular weight is 273 g/mol. The monoisotopic (exact) mass is 272 g/mol. The molecule has 1 aliphatic heterocycles. The maximum atomic E-state index is 6.14. The highest BCUT2D eigenvalue weighted by Gasteiger charge is 2.21. The van der Waals surface area contributed by atoms with E-state index >= 15 is 0 Å². The van der Waals surface area contributed by atoms with Crippen molar-refractivity contribution in [1.82, 2.24) is 9.88 Å². The first-order chi connectivity index (χ1) is 8.20. The lowest BCUT2D eigenvalue weighted by Gasteiger charge is -2.23. The smallest absolute Gasteiger partial charge is 0.140 e. The minimum absolute atomic E-state index is 0.632. The van der Waals surface area contributed by atoms with Gasteiger partial charge in [-0.05, 0) is 31.4 Å². The van der Waals surface area contributed by atoms with Gasteiger partial charge in [-0.2, -0.15) is 11.8 Å². The molecule has 0 amide bonds. The predicted octanol–water partition coefficient (Wildman–Crippen LogP) is 1.96. The molecule has 1 atom stereocenters. The molecular formula is C11H17ClN4S. The number of hydrogen-bond acceptors (Lipinski definition) is 5. The normalized spacial score (nSPS) is 19.9. The summed E-state index contributed by atoms with van der Waals surface area (Å²) in [7, 11) is 2.12. The topological polar surface area (TPSA) is 54.2 Å². The Hall–Kier alpha value is -0.490. The summed E-state index contributed by atoms with van der Waals surface area (Å²) in [5.74, 6) is 8.45. The molecule has 1 aliphatic rings. The predicted molar refractivity (Wildman–Crippen MR) is 74.3 cm³/mol. The van der Waals surface area contributed by atoms with Gasteiger partial charge in [0.15, 0.2) is 0 Å². The fourth-order valence-corrected chi connectivity index (χ4v) is 3.37. The molecule has 1 unspecified atom stereocenters. The largest absolute Gasteiger partial charge is 0.308 e. The van der Waals surface area contributed by atoms with Gasteiger partial charge in [-0.15, -0.1) is 0 Å². The van der Waals surface area contributed by atoms with Gasteiger partial charge < -0.3 is 5.43 Å². The minimum atomic E-state index is 0.632. The molecule has 1 fully saturated rings. The summed E-state index contributed by atoms with van der Waals surface area (Å²) >= 11 is 8.15. The van der Waals surface area contributed by atoms with E-state index in [1.807, 2.05) is 17.8 Å². The highest BCUT2D eigenvalue weighted by atomic mass is 35.5. The zero-order valence-electron chi connectivity index (χ0n) is 9.82. The van der Waals surface area contributed by atoms with Crippen molar-refractivity contribution in [2.45, 2.75) is 19.0 Å². The molecule has 0 saturated carbocycles. The fraction of sp³-hybridized carbons (Fsp3) is 0.545. The Bertz CT molecular complexity index is 382. The van der Waals surface area contributed by atoms with Crippen LogP contribution >= 0.6 is 23.4 Å². The van der Waals surface area contributed by atoms with Gasteiger partial charge in [-0.3, -0.25) is 4.90 Å². The van der Waals surface area contributed by atoms with E-state index in [9.17, 15) is 0 Å². The average Bonchev–Trinajstić information content (AvgIpc) is 2.85. The Kier molecular flexibility index (Phi) is 4.50. The summed E-state index contributed by atoms with van der Waals surface area (Å²) in [5, 5.41) is 0.696. The Labute approximate surface area is 111 Å². The molecule has 0 aromatic carbocycles. The number of nitrogens with zero attached hydrogens (tertiary/aromatic N) is 2. The highest BCUT2D eigenvalue weighted by Crippen LogP contribution is 2.24. The van der Waals surface area contributed by atoms with Crippen LogP contribution in [0.5, 0.6) is 0 Å². The quantitative estimate of drug-likeness (QED) is 0.648. The third-order valence-corrected chi connectivity index (χ3v) is 4.48. The molecule has 0 radical (unpaired) electrons. The van der Waals surface area contributed by atoms with Gasteiger partial charge in [0, 0.05) is 18.3 Å². The second-order valence-electron chi connectivity index (χ2n) is 4.20. The number of nitrogens with two attached hydrogens (primary N) is 1. The molecule has 0 aliphatic carbocycles. The van der Waals surface area contributed by atoms with Crippen LogP contribution in [0.2, 0.25) is 5.02 Å². The SMILES string of the molecule is CN(Cc1nc(NN)ccc1Cl)C1CCSC1. The Balaban J connectivity index is 2.06. The maximum absolute atomic E-state index is 6.14. The molecule has 0 spiro atoms. The van der Waals surface area contributed by atoms with Crippen molar-refractivity contribution in [3.05, 3.63) is 22.8 Å². The first-order valence-corrected chi connectivity index (χ1v) is 7.14. The van der Waals surface area contributed by atoms with Crippen molar-refractivity contribution in [2.24, 2.45) is 5.84 Å². The van der Waals surface area contributed by atoms with Gasteiger partial charge in [0.1, 0.15) is 5.82 Å². The third kappa shape index (κ3) is 3.25. The van der Waals surface area contributed by atoms with Crippen molar-refractivity contribution in [2.75, 3.05) is 24.0 Å². The number of anilines is 1. The first kappa shape index (κ1) is 13.0. The molecule has 6 heteroatoms. The van der Waals surface area contributed by atoms with Gasteiger partial charge >= 0.3 is 0 Å². The van der Waals surface area contributed by atoms with E-state index in [0.717, 1.165) is 12.2 Å². The molecular weight excluding hydrogens is 256 g/mol. The lowest BCUT2D eigenvalue weighted by atomic mass is 10.2. The highest BCUT2D eigenvalue weighted by molar-refractivity contribution is 7.99. The van der Waals surface area contributed by atoms with Gasteiger partial charge in [-0.1, -0.05) is 11.6 Å². The van der Waals surface area contributed by atoms with Crippen molar-refractivity contribution in [3.8, 4) is 0 Å². The second-order valence-corrected chi connectivity index (χ2v) is 5.76. The van der Waals surface area contributed by atoms with Gasteiger partial charge in [0.25, 0.3) is 0 Å². The molecule has 94 valence electrons. The number of nitrogens with one attached hydrogen (secondary N) is 1. The van der Waals surface area contributed by atoms with Crippen LogP contribution in [0.1, 0.15) is 12.1 Å². The van der Waals surface area contributed by atoms with Crippen LogP contribution in [0.25, 0.3) is 0 Å². The Morgan fingerprint density at radius 1 is 1.65 bits per heavy atom. The second kappa shape index (κ2) is 5.91. The number of halogens is 1. The van der Waals surface area contributed by atoms with Crippen LogP contribution in [0.4, 0.5) is 5.82 Å². The van der Waals surface area contributed by atoms with E-state index in [1.165, 1.54) is 17.9 Å². The number of hydrogen-bond donors (Lipinski definition) is 2. The zero-order valence-corrected chi connectivity index (χ0v) is 11.4. The number of aromatic nitrogens is 1. The molecule has 1 aromatic rings. The van der Waals surface area contributed by atoms with E-state index in [-0.39, 0.29) is 0 Å². The standard InChI is InChI=1S/C11H17ClN4S/c1-16(8-4-5-17-7-8)6-10-9(12)2-3-11(14-10)15-13/h2-3,8H,4-7,13H2,1H3,(H,14,15). The molecule has 4 nitrogen and oxygen atoms in total. The number of pyridine rings is 1. The Morgan fingerprint density at radius 3 is 3.12 bits per heavy atom. The molecule has 2 heterocycles. The van der Waals surface area contributed by atoms with E-state index in [2.05, 4.69) is 22.4 Å². The summed E-state index contributed by atoms with van der Waals surface area (Å²) in [6.07, 6.45) is 1.24. The first-order valence-electron chi connectivity index (χ1n) is 5.60. The number of thioether (sulfide) groups is 1.